The van der Waals surface area contributed by atoms with Crippen LogP contribution in [0.25, 0.3) is 10.1 Å². The van der Waals surface area contributed by atoms with Crippen molar-refractivity contribution >= 4 is 50.5 Å². The number of hydrogen-bond acceptors (Lipinski definition) is 4. The summed E-state index contributed by atoms with van der Waals surface area (Å²) in [6.45, 7) is 1.75. The van der Waals surface area contributed by atoms with Gasteiger partial charge in [0.25, 0.3) is 0 Å². The quantitative estimate of drug-likeness (QED) is 0.597. The van der Waals surface area contributed by atoms with E-state index in [0.717, 1.165) is 21.2 Å². The number of amides is 2. The van der Waals surface area contributed by atoms with Crippen molar-refractivity contribution in [3.8, 4) is 0 Å². The number of fused-ring (bicyclic) bond motifs is 1. The Morgan fingerprint density at radius 3 is 2.77 bits per heavy atom. The number of thiophene rings is 1. The van der Waals surface area contributed by atoms with Crippen LogP contribution in [0.2, 0.25) is 5.02 Å². The highest BCUT2D eigenvalue weighted by atomic mass is 35.5. The third-order valence-corrected chi connectivity index (χ3v) is 5.20. The van der Waals surface area contributed by atoms with Crippen LogP contribution in [0.1, 0.15) is 17.2 Å². The average molecular weight is 389 g/mol. The molecule has 26 heavy (non-hydrogen) atoms. The maximum Gasteiger partial charge on any atom is 0.313 e. The molecular weight excluding hydrogens is 372 g/mol. The zero-order chi connectivity index (χ0) is 18.7. The minimum absolute atomic E-state index is 0.0541. The Morgan fingerprint density at radius 2 is 1.96 bits per heavy atom. The Hall–Kier alpha value is -2.41. The smallest absolute Gasteiger partial charge is 0.313 e. The van der Waals surface area contributed by atoms with E-state index in [9.17, 15) is 14.7 Å². The summed E-state index contributed by atoms with van der Waals surface area (Å²) >= 11 is 7.43. The molecule has 1 unspecified atom stereocenters. The van der Waals surface area contributed by atoms with Gasteiger partial charge in [0.1, 0.15) is 0 Å². The average Bonchev–Trinajstić information content (AvgIpc) is 3.06. The number of carbonyl (C=O) groups is 2. The summed E-state index contributed by atoms with van der Waals surface area (Å²) in [6, 6.07) is 12.7. The van der Waals surface area contributed by atoms with Gasteiger partial charge in [-0.25, -0.2) is 0 Å². The lowest BCUT2D eigenvalue weighted by atomic mass is 10.1. The molecule has 0 aliphatic carbocycles. The molecule has 0 fully saturated rings. The highest BCUT2D eigenvalue weighted by molar-refractivity contribution is 7.17. The first-order chi connectivity index (χ1) is 12.5. The van der Waals surface area contributed by atoms with Crippen molar-refractivity contribution in [3.63, 3.8) is 0 Å². The number of carbonyl (C=O) groups excluding carboxylic acids is 2. The van der Waals surface area contributed by atoms with Crippen molar-refractivity contribution in [2.75, 3.05) is 11.9 Å². The highest BCUT2D eigenvalue weighted by Crippen LogP contribution is 2.29. The van der Waals surface area contributed by atoms with Crippen LogP contribution in [0.3, 0.4) is 0 Å². The molecule has 0 bridgehead atoms. The van der Waals surface area contributed by atoms with Gasteiger partial charge in [0.2, 0.25) is 0 Å². The lowest BCUT2D eigenvalue weighted by molar-refractivity contribution is -0.136. The molecule has 0 saturated carbocycles. The Bertz CT molecular complexity index is 970. The van der Waals surface area contributed by atoms with Gasteiger partial charge in [0, 0.05) is 27.5 Å². The summed E-state index contributed by atoms with van der Waals surface area (Å²) in [4.78, 5) is 24.1. The summed E-state index contributed by atoms with van der Waals surface area (Å²) in [5.74, 6) is -1.62. The molecule has 0 aliphatic heterocycles. The molecule has 0 spiro atoms. The zero-order valence-electron chi connectivity index (χ0n) is 14.0. The largest absolute Gasteiger partial charge is 0.387 e. The Labute approximate surface area is 159 Å². The summed E-state index contributed by atoms with van der Waals surface area (Å²) in [7, 11) is 0. The SMILES string of the molecule is Cc1ccc(Cl)cc1NC(=O)C(=O)NCC(O)c1csc2ccccc12. The number of hydrogen-bond donors (Lipinski definition) is 3. The fraction of sp³-hybridized carbons (Fsp3) is 0.158. The Kier molecular flexibility index (Phi) is 5.56. The van der Waals surface area contributed by atoms with Gasteiger partial charge in [-0.3, -0.25) is 9.59 Å². The van der Waals surface area contributed by atoms with Crippen LogP contribution >= 0.6 is 22.9 Å². The van der Waals surface area contributed by atoms with E-state index in [2.05, 4.69) is 10.6 Å². The number of aryl methyl sites for hydroxylation is 1. The molecule has 2 aromatic carbocycles. The zero-order valence-corrected chi connectivity index (χ0v) is 15.5. The number of rotatable bonds is 4. The molecule has 134 valence electrons. The first kappa shape index (κ1) is 18.4. The molecule has 3 rings (SSSR count). The maximum atomic E-state index is 12.0. The highest BCUT2D eigenvalue weighted by Gasteiger charge is 2.18. The van der Waals surface area contributed by atoms with Gasteiger partial charge >= 0.3 is 11.8 Å². The third-order valence-electron chi connectivity index (χ3n) is 3.98. The number of benzene rings is 2. The van der Waals surface area contributed by atoms with E-state index in [0.29, 0.717) is 10.7 Å². The predicted octanol–water partition coefficient (Wildman–Crippen LogP) is 3.65. The molecule has 0 aliphatic rings. The molecule has 5 nitrogen and oxygen atoms in total. The first-order valence-corrected chi connectivity index (χ1v) is 9.21. The normalized spacial score (nSPS) is 12.0. The van der Waals surface area contributed by atoms with Crippen LogP contribution in [0.5, 0.6) is 0 Å². The van der Waals surface area contributed by atoms with Gasteiger partial charge in [-0.2, -0.15) is 0 Å². The number of anilines is 1. The van der Waals surface area contributed by atoms with E-state index in [1.807, 2.05) is 29.6 Å². The fourth-order valence-electron chi connectivity index (χ4n) is 2.54. The molecule has 2 amide bonds. The molecular formula is C19H17ClN2O3S. The lowest BCUT2D eigenvalue weighted by Gasteiger charge is -2.12. The van der Waals surface area contributed by atoms with Crippen molar-refractivity contribution in [3.05, 3.63) is 64.0 Å². The van der Waals surface area contributed by atoms with Gasteiger partial charge in [-0.05, 0) is 41.5 Å². The van der Waals surface area contributed by atoms with E-state index in [-0.39, 0.29) is 6.54 Å². The topological polar surface area (TPSA) is 78.4 Å². The molecule has 1 aromatic heterocycles. The first-order valence-electron chi connectivity index (χ1n) is 7.95. The van der Waals surface area contributed by atoms with Crippen molar-refractivity contribution in [2.24, 2.45) is 0 Å². The van der Waals surface area contributed by atoms with E-state index >= 15 is 0 Å². The van der Waals surface area contributed by atoms with Crippen LogP contribution in [-0.2, 0) is 9.59 Å². The molecule has 1 heterocycles. The minimum atomic E-state index is -0.893. The number of aliphatic hydroxyl groups is 1. The Morgan fingerprint density at radius 1 is 1.19 bits per heavy atom. The Balaban J connectivity index is 1.61. The van der Waals surface area contributed by atoms with Crippen molar-refractivity contribution < 1.29 is 14.7 Å². The summed E-state index contributed by atoms with van der Waals surface area (Å²) in [5, 5.41) is 18.6. The van der Waals surface area contributed by atoms with E-state index in [4.69, 9.17) is 11.6 Å². The van der Waals surface area contributed by atoms with Gasteiger partial charge in [-0.1, -0.05) is 35.9 Å². The van der Waals surface area contributed by atoms with Crippen LogP contribution < -0.4 is 10.6 Å². The minimum Gasteiger partial charge on any atom is -0.387 e. The summed E-state index contributed by atoms with van der Waals surface area (Å²) in [6.07, 6.45) is -0.893. The van der Waals surface area contributed by atoms with Gasteiger partial charge < -0.3 is 15.7 Å². The molecule has 3 aromatic rings. The number of nitrogens with one attached hydrogen (secondary N) is 2. The standard InChI is InChI=1S/C19H17ClN2O3S/c1-11-6-7-12(20)8-15(11)22-19(25)18(24)21-9-16(23)14-10-26-17-5-3-2-4-13(14)17/h2-8,10,16,23H,9H2,1H3,(H,21,24)(H,22,25). The maximum absolute atomic E-state index is 12.0. The fourth-order valence-corrected chi connectivity index (χ4v) is 3.72. The molecule has 0 radical (unpaired) electrons. The number of halogens is 1. The van der Waals surface area contributed by atoms with Crippen molar-refractivity contribution in [1.29, 1.82) is 0 Å². The van der Waals surface area contributed by atoms with Crippen LogP contribution in [-0.4, -0.2) is 23.5 Å². The second-order valence-electron chi connectivity index (χ2n) is 5.83. The van der Waals surface area contributed by atoms with E-state index in [1.54, 1.807) is 25.1 Å². The molecule has 3 N–H and O–H groups in total. The van der Waals surface area contributed by atoms with E-state index < -0.39 is 17.9 Å². The second kappa shape index (κ2) is 7.86. The van der Waals surface area contributed by atoms with E-state index in [1.165, 1.54) is 11.3 Å². The second-order valence-corrected chi connectivity index (χ2v) is 7.17. The third kappa shape index (κ3) is 4.04. The van der Waals surface area contributed by atoms with Crippen molar-refractivity contribution in [1.82, 2.24) is 5.32 Å². The number of aliphatic hydroxyl groups excluding tert-OH is 1. The van der Waals surface area contributed by atoms with Gasteiger partial charge in [-0.15, -0.1) is 11.3 Å². The van der Waals surface area contributed by atoms with Crippen LogP contribution in [0, 0.1) is 6.92 Å². The summed E-state index contributed by atoms with van der Waals surface area (Å²) in [5.41, 5.74) is 2.00. The van der Waals surface area contributed by atoms with Crippen molar-refractivity contribution in [2.45, 2.75) is 13.0 Å². The monoisotopic (exact) mass is 388 g/mol. The molecule has 7 heteroatoms. The van der Waals surface area contributed by atoms with Crippen LogP contribution in [0.4, 0.5) is 5.69 Å². The lowest BCUT2D eigenvalue weighted by Crippen LogP contribution is -2.37. The van der Waals surface area contributed by atoms with Gasteiger partial charge in [0.15, 0.2) is 0 Å². The molecule has 1 atom stereocenters. The molecule has 0 saturated heterocycles. The van der Waals surface area contributed by atoms with Crippen LogP contribution in [0.15, 0.2) is 47.8 Å². The van der Waals surface area contributed by atoms with Gasteiger partial charge in [0.05, 0.1) is 6.10 Å². The predicted molar refractivity (Wildman–Crippen MR) is 105 cm³/mol. The summed E-state index contributed by atoms with van der Waals surface area (Å²) < 4.78 is 1.06.